The summed E-state index contributed by atoms with van der Waals surface area (Å²) in [5.74, 6) is 1.46. The van der Waals surface area contributed by atoms with Crippen molar-refractivity contribution >= 4 is 26.8 Å². The van der Waals surface area contributed by atoms with E-state index in [9.17, 15) is 0 Å². The quantitative estimate of drug-likeness (QED) is 0.720. The van der Waals surface area contributed by atoms with Crippen molar-refractivity contribution < 1.29 is 4.74 Å². The molecular weight excluding hydrogens is 292 g/mol. The van der Waals surface area contributed by atoms with Crippen LogP contribution in [0.2, 0.25) is 0 Å². The standard InChI is InChI=1S/C14H11BrN2O/c1-18-14-8-4-7-13(16-14)17-9-11(15)10-5-2-3-6-12(10)17/h2-9H,1H3. The number of nitrogens with zero attached hydrogens (tertiary/aromatic N) is 2. The fourth-order valence-electron chi connectivity index (χ4n) is 1.98. The third kappa shape index (κ3) is 1.78. The first-order valence-corrected chi connectivity index (χ1v) is 6.36. The molecule has 0 unspecified atom stereocenters. The molecule has 0 fully saturated rings. The van der Waals surface area contributed by atoms with Crippen LogP contribution >= 0.6 is 15.9 Å². The van der Waals surface area contributed by atoms with Crippen LogP contribution in [0.3, 0.4) is 0 Å². The van der Waals surface area contributed by atoms with Gasteiger partial charge in [0.25, 0.3) is 0 Å². The monoisotopic (exact) mass is 302 g/mol. The van der Waals surface area contributed by atoms with E-state index in [0.29, 0.717) is 5.88 Å². The van der Waals surface area contributed by atoms with Gasteiger partial charge in [0.15, 0.2) is 0 Å². The Morgan fingerprint density at radius 1 is 1.11 bits per heavy atom. The predicted octanol–water partition coefficient (Wildman–Crippen LogP) is 3.80. The van der Waals surface area contributed by atoms with Crippen LogP contribution in [0.1, 0.15) is 0 Å². The van der Waals surface area contributed by atoms with Crippen LogP contribution in [-0.2, 0) is 0 Å². The molecule has 0 aliphatic rings. The van der Waals surface area contributed by atoms with Crippen molar-refractivity contribution in [3.05, 3.63) is 53.1 Å². The number of methoxy groups -OCH3 is 1. The Hall–Kier alpha value is -1.81. The molecule has 18 heavy (non-hydrogen) atoms. The predicted molar refractivity (Wildman–Crippen MR) is 75.3 cm³/mol. The van der Waals surface area contributed by atoms with Crippen molar-refractivity contribution in [1.29, 1.82) is 0 Å². The summed E-state index contributed by atoms with van der Waals surface area (Å²) in [6, 6.07) is 13.9. The number of benzene rings is 1. The van der Waals surface area contributed by atoms with Crippen LogP contribution < -0.4 is 4.74 Å². The number of pyridine rings is 1. The Morgan fingerprint density at radius 2 is 1.94 bits per heavy atom. The van der Waals surface area contributed by atoms with E-state index in [4.69, 9.17) is 4.74 Å². The van der Waals surface area contributed by atoms with E-state index in [1.165, 1.54) is 5.39 Å². The molecule has 4 heteroatoms. The highest BCUT2D eigenvalue weighted by Gasteiger charge is 2.08. The second-order valence-corrected chi connectivity index (χ2v) is 4.76. The van der Waals surface area contributed by atoms with Crippen molar-refractivity contribution in [2.24, 2.45) is 0 Å². The van der Waals surface area contributed by atoms with Gasteiger partial charge in [-0.1, -0.05) is 24.3 Å². The van der Waals surface area contributed by atoms with Gasteiger partial charge in [0.2, 0.25) is 5.88 Å². The van der Waals surface area contributed by atoms with Crippen molar-refractivity contribution in [3.8, 4) is 11.7 Å². The van der Waals surface area contributed by atoms with Crippen molar-refractivity contribution in [3.63, 3.8) is 0 Å². The lowest BCUT2D eigenvalue weighted by atomic mass is 10.2. The van der Waals surface area contributed by atoms with Crippen molar-refractivity contribution in [1.82, 2.24) is 9.55 Å². The average molecular weight is 303 g/mol. The molecule has 0 aliphatic carbocycles. The van der Waals surface area contributed by atoms with Gasteiger partial charge in [0, 0.05) is 22.1 Å². The summed E-state index contributed by atoms with van der Waals surface area (Å²) < 4.78 is 8.26. The Labute approximate surface area is 113 Å². The van der Waals surface area contributed by atoms with E-state index in [-0.39, 0.29) is 0 Å². The molecule has 3 aromatic rings. The molecule has 90 valence electrons. The molecule has 0 spiro atoms. The van der Waals surface area contributed by atoms with E-state index in [0.717, 1.165) is 15.8 Å². The number of para-hydroxylation sites is 1. The first kappa shape index (κ1) is 11.3. The Morgan fingerprint density at radius 3 is 2.78 bits per heavy atom. The van der Waals surface area contributed by atoms with Gasteiger partial charge in [-0.2, -0.15) is 4.98 Å². The van der Waals surface area contributed by atoms with E-state index in [1.807, 2.05) is 41.1 Å². The van der Waals surface area contributed by atoms with E-state index in [1.54, 1.807) is 7.11 Å². The molecule has 0 atom stereocenters. The van der Waals surface area contributed by atoms with Crippen LogP contribution in [0, 0.1) is 0 Å². The largest absolute Gasteiger partial charge is 0.481 e. The van der Waals surface area contributed by atoms with E-state index < -0.39 is 0 Å². The maximum absolute atomic E-state index is 5.16. The number of rotatable bonds is 2. The zero-order valence-electron chi connectivity index (χ0n) is 9.80. The van der Waals surface area contributed by atoms with E-state index >= 15 is 0 Å². The first-order valence-electron chi connectivity index (χ1n) is 5.56. The SMILES string of the molecule is COc1cccc(-n2cc(Br)c3ccccc32)n1. The minimum Gasteiger partial charge on any atom is -0.481 e. The third-order valence-electron chi connectivity index (χ3n) is 2.83. The van der Waals surface area contributed by atoms with Crippen LogP contribution in [0.4, 0.5) is 0 Å². The number of hydrogen-bond donors (Lipinski definition) is 0. The molecular formula is C14H11BrN2O. The summed E-state index contributed by atoms with van der Waals surface area (Å²) in [5.41, 5.74) is 1.12. The zero-order valence-corrected chi connectivity index (χ0v) is 11.4. The first-order chi connectivity index (χ1) is 8.79. The third-order valence-corrected chi connectivity index (χ3v) is 3.46. The van der Waals surface area contributed by atoms with Crippen LogP contribution in [0.5, 0.6) is 5.88 Å². The minimum atomic E-state index is 0.612. The molecule has 1 aromatic carbocycles. The van der Waals surface area contributed by atoms with Crippen LogP contribution in [0.25, 0.3) is 16.7 Å². The van der Waals surface area contributed by atoms with Crippen LogP contribution in [0.15, 0.2) is 53.1 Å². The van der Waals surface area contributed by atoms with Crippen molar-refractivity contribution in [2.75, 3.05) is 7.11 Å². The van der Waals surface area contributed by atoms with Gasteiger partial charge in [-0.3, -0.25) is 4.57 Å². The molecule has 0 saturated carbocycles. The summed E-state index contributed by atoms with van der Waals surface area (Å²) in [7, 11) is 1.62. The Balaban J connectivity index is 2.25. The molecule has 3 rings (SSSR count). The topological polar surface area (TPSA) is 27.1 Å². The number of hydrogen-bond acceptors (Lipinski definition) is 2. The highest BCUT2D eigenvalue weighted by molar-refractivity contribution is 9.10. The summed E-state index contributed by atoms with van der Waals surface area (Å²) >= 11 is 3.57. The fourth-order valence-corrected chi connectivity index (χ4v) is 2.52. The highest BCUT2D eigenvalue weighted by Crippen LogP contribution is 2.28. The summed E-state index contributed by atoms with van der Waals surface area (Å²) in [5, 5.41) is 1.17. The molecule has 0 radical (unpaired) electrons. The second kappa shape index (κ2) is 4.46. The lowest BCUT2D eigenvalue weighted by Crippen LogP contribution is -1.97. The number of fused-ring (bicyclic) bond motifs is 1. The maximum Gasteiger partial charge on any atom is 0.214 e. The Kier molecular flexibility index (Phi) is 2.80. The summed E-state index contributed by atoms with van der Waals surface area (Å²) in [4.78, 5) is 4.44. The molecule has 0 N–H and O–H groups in total. The number of ether oxygens (including phenoxy) is 1. The molecule has 3 nitrogen and oxygen atoms in total. The smallest absolute Gasteiger partial charge is 0.214 e. The van der Waals surface area contributed by atoms with Gasteiger partial charge in [-0.15, -0.1) is 0 Å². The van der Waals surface area contributed by atoms with Gasteiger partial charge in [-0.05, 0) is 28.1 Å². The fraction of sp³-hybridized carbons (Fsp3) is 0.0714. The van der Waals surface area contributed by atoms with Gasteiger partial charge in [0.05, 0.1) is 12.6 Å². The summed E-state index contributed by atoms with van der Waals surface area (Å²) in [6.45, 7) is 0. The molecule has 0 aliphatic heterocycles. The van der Waals surface area contributed by atoms with Gasteiger partial charge >= 0.3 is 0 Å². The molecule has 0 saturated heterocycles. The average Bonchev–Trinajstić information content (AvgIpc) is 2.77. The molecule has 0 bridgehead atoms. The van der Waals surface area contributed by atoms with E-state index in [2.05, 4.69) is 33.0 Å². The van der Waals surface area contributed by atoms with Crippen molar-refractivity contribution in [2.45, 2.75) is 0 Å². The van der Waals surface area contributed by atoms with Crippen LogP contribution in [-0.4, -0.2) is 16.7 Å². The maximum atomic E-state index is 5.16. The Bertz CT molecular complexity index is 706. The number of halogens is 1. The lowest BCUT2D eigenvalue weighted by Gasteiger charge is -2.05. The number of aromatic nitrogens is 2. The molecule has 0 amide bonds. The minimum absolute atomic E-state index is 0.612. The molecule has 2 aromatic heterocycles. The van der Waals surface area contributed by atoms with Gasteiger partial charge in [-0.25, -0.2) is 0 Å². The normalized spacial score (nSPS) is 10.8. The van der Waals surface area contributed by atoms with Gasteiger partial charge in [0.1, 0.15) is 5.82 Å². The zero-order chi connectivity index (χ0) is 12.5. The lowest BCUT2D eigenvalue weighted by molar-refractivity contribution is 0.397. The second-order valence-electron chi connectivity index (χ2n) is 3.90. The highest BCUT2D eigenvalue weighted by atomic mass is 79.9. The van der Waals surface area contributed by atoms with Gasteiger partial charge < -0.3 is 4.74 Å². The summed E-state index contributed by atoms with van der Waals surface area (Å²) in [6.07, 6.45) is 2.02. The molecule has 2 heterocycles.